The number of anilines is 1. The number of aromatic nitrogens is 1. The lowest BCUT2D eigenvalue weighted by atomic mass is 10.1. The summed E-state index contributed by atoms with van der Waals surface area (Å²) in [7, 11) is 0. The zero-order valence-corrected chi connectivity index (χ0v) is 18.7. The lowest BCUT2D eigenvalue weighted by Gasteiger charge is -2.15. The number of halogens is 3. The van der Waals surface area contributed by atoms with Gasteiger partial charge in [-0.1, -0.05) is 32.0 Å². The van der Waals surface area contributed by atoms with Crippen molar-refractivity contribution in [3.05, 3.63) is 65.2 Å². The van der Waals surface area contributed by atoms with E-state index in [0.29, 0.717) is 0 Å². The summed E-state index contributed by atoms with van der Waals surface area (Å²) in [6.45, 7) is 1.99. The Labute approximate surface area is 192 Å². The van der Waals surface area contributed by atoms with Gasteiger partial charge >= 0.3 is 6.18 Å². The minimum atomic E-state index is -4.56. The predicted octanol–water partition coefficient (Wildman–Crippen LogP) is 5.28. The summed E-state index contributed by atoms with van der Waals surface area (Å²) in [5, 5.41) is 8.02. The van der Waals surface area contributed by atoms with Gasteiger partial charge in [-0.25, -0.2) is 4.98 Å². The highest BCUT2D eigenvalue weighted by molar-refractivity contribution is 7.13. The summed E-state index contributed by atoms with van der Waals surface area (Å²) >= 11 is 1.48. The molecule has 6 nitrogen and oxygen atoms in total. The molecule has 0 spiro atoms. The maximum Gasteiger partial charge on any atom is 0.422 e. The third kappa shape index (κ3) is 7.04. The number of benzene rings is 2. The van der Waals surface area contributed by atoms with Gasteiger partial charge in [0.25, 0.3) is 5.91 Å². The van der Waals surface area contributed by atoms with E-state index in [0.717, 1.165) is 16.1 Å². The first-order chi connectivity index (χ1) is 15.6. The quantitative estimate of drug-likeness (QED) is 0.463. The number of carbonyl (C=O) groups is 2. The van der Waals surface area contributed by atoms with Crippen LogP contribution in [0.5, 0.6) is 5.75 Å². The first kappa shape index (κ1) is 24.2. The molecule has 0 atom stereocenters. The monoisotopic (exact) mass is 477 g/mol. The van der Waals surface area contributed by atoms with E-state index in [9.17, 15) is 22.8 Å². The molecule has 3 aromatic rings. The summed E-state index contributed by atoms with van der Waals surface area (Å²) < 4.78 is 42.8. The number of alkyl halides is 3. The Morgan fingerprint density at radius 2 is 1.94 bits per heavy atom. The van der Waals surface area contributed by atoms with Crippen LogP contribution in [0.4, 0.5) is 18.9 Å². The standard InChI is InChI=1S/C23H22F3N3O3S/c1-14(2)20(30)29-17-6-7-19(32-13-23(24,25)26)18(11-17)21(31)28-12-15-4-3-5-16(10-15)22-27-8-9-33-22/h3-11,14H,12-13H2,1-2H3,(H,28,31)(H,29,30). The molecule has 10 heteroatoms. The number of rotatable bonds is 8. The zero-order chi connectivity index (χ0) is 24.0. The molecule has 0 fully saturated rings. The second kappa shape index (κ2) is 10.5. The molecule has 33 heavy (non-hydrogen) atoms. The van der Waals surface area contributed by atoms with E-state index in [1.807, 2.05) is 29.6 Å². The highest BCUT2D eigenvalue weighted by atomic mass is 32.1. The maximum absolute atomic E-state index is 12.9. The number of nitrogens with one attached hydrogen (secondary N) is 2. The molecule has 0 aliphatic heterocycles. The van der Waals surface area contributed by atoms with E-state index in [1.54, 1.807) is 20.0 Å². The Balaban J connectivity index is 1.78. The molecule has 0 bridgehead atoms. The molecular formula is C23H22F3N3O3S. The van der Waals surface area contributed by atoms with E-state index >= 15 is 0 Å². The van der Waals surface area contributed by atoms with Gasteiger partial charge in [0.1, 0.15) is 10.8 Å². The number of nitrogens with zero attached hydrogens (tertiary/aromatic N) is 1. The lowest BCUT2D eigenvalue weighted by molar-refractivity contribution is -0.153. The van der Waals surface area contributed by atoms with Crippen molar-refractivity contribution in [3.8, 4) is 16.3 Å². The Morgan fingerprint density at radius 3 is 2.61 bits per heavy atom. The van der Waals surface area contributed by atoms with Crippen LogP contribution in [0.1, 0.15) is 29.8 Å². The predicted molar refractivity (Wildman–Crippen MR) is 120 cm³/mol. The minimum Gasteiger partial charge on any atom is -0.483 e. The third-order valence-corrected chi connectivity index (χ3v) is 5.29. The summed E-state index contributed by atoms with van der Waals surface area (Å²) in [5.41, 5.74) is 1.85. The summed E-state index contributed by atoms with van der Waals surface area (Å²) in [6.07, 6.45) is -2.86. The molecule has 1 aromatic heterocycles. The zero-order valence-electron chi connectivity index (χ0n) is 17.9. The molecule has 2 N–H and O–H groups in total. The molecule has 2 aromatic carbocycles. The molecule has 0 aliphatic carbocycles. The Hall–Kier alpha value is -3.40. The fourth-order valence-electron chi connectivity index (χ4n) is 2.82. The van der Waals surface area contributed by atoms with Gasteiger partial charge in [-0.2, -0.15) is 13.2 Å². The van der Waals surface area contributed by atoms with Gasteiger partial charge in [0.05, 0.1) is 5.56 Å². The van der Waals surface area contributed by atoms with Crippen LogP contribution in [0.25, 0.3) is 10.6 Å². The van der Waals surface area contributed by atoms with Crippen LogP contribution in [0.3, 0.4) is 0 Å². The van der Waals surface area contributed by atoms with Crippen molar-refractivity contribution in [3.63, 3.8) is 0 Å². The van der Waals surface area contributed by atoms with E-state index in [2.05, 4.69) is 15.6 Å². The second-order valence-electron chi connectivity index (χ2n) is 7.48. The van der Waals surface area contributed by atoms with Crippen LogP contribution in [-0.4, -0.2) is 29.6 Å². The second-order valence-corrected chi connectivity index (χ2v) is 8.37. The van der Waals surface area contributed by atoms with Crippen molar-refractivity contribution in [2.24, 2.45) is 5.92 Å². The highest BCUT2D eigenvalue weighted by Gasteiger charge is 2.29. The van der Waals surface area contributed by atoms with Crippen molar-refractivity contribution in [2.75, 3.05) is 11.9 Å². The Morgan fingerprint density at radius 1 is 1.15 bits per heavy atom. The molecule has 3 rings (SSSR count). The van der Waals surface area contributed by atoms with Crippen molar-refractivity contribution in [1.82, 2.24) is 10.3 Å². The molecule has 0 radical (unpaired) electrons. The fourth-order valence-corrected chi connectivity index (χ4v) is 3.45. The van der Waals surface area contributed by atoms with Crippen molar-refractivity contribution in [1.29, 1.82) is 0 Å². The molecule has 0 unspecified atom stereocenters. The van der Waals surface area contributed by atoms with E-state index in [-0.39, 0.29) is 35.4 Å². The maximum atomic E-state index is 12.9. The third-order valence-electron chi connectivity index (χ3n) is 4.47. The molecule has 2 amide bonds. The average Bonchev–Trinajstić information content (AvgIpc) is 3.31. The number of ether oxygens (including phenoxy) is 1. The smallest absolute Gasteiger partial charge is 0.422 e. The highest BCUT2D eigenvalue weighted by Crippen LogP contribution is 2.26. The minimum absolute atomic E-state index is 0.114. The van der Waals surface area contributed by atoms with Crippen LogP contribution >= 0.6 is 11.3 Å². The summed E-state index contributed by atoms with van der Waals surface area (Å²) in [5.74, 6) is -1.46. The van der Waals surface area contributed by atoms with Crippen LogP contribution in [0.2, 0.25) is 0 Å². The first-order valence-corrected chi connectivity index (χ1v) is 10.9. The van der Waals surface area contributed by atoms with Crippen molar-refractivity contribution < 1.29 is 27.5 Å². The fraction of sp³-hybridized carbons (Fsp3) is 0.261. The van der Waals surface area contributed by atoms with Crippen LogP contribution in [-0.2, 0) is 11.3 Å². The van der Waals surface area contributed by atoms with Crippen molar-refractivity contribution in [2.45, 2.75) is 26.6 Å². The van der Waals surface area contributed by atoms with Crippen LogP contribution in [0, 0.1) is 5.92 Å². The summed E-state index contributed by atoms with van der Waals surface area (Å²) in [6, 6.07) is 11.3. The van der Waals surface area contributed by atoms with E-state index in [1.165, 1.54) is 29.5 Å². The molecule has 0 aliphatic rings. The molecule has 1 heterocycles. The average molecular weight is 478 g/mol. The Bertz CT molecular complexity index is 1120. The number of carbonyl (C=O) groups excluding carboxylic acids is 2. The first-order valence-electron chi connectivity index (χ1n) is 10.0. The van der Waals surface area contributed by atoms with Gasteiger partial charge in [0.2, 0.25) is 5.91 Å². The number of hydrogen-bond acceptors (Lipinski definition) is 5. The van der Waals surface area contributed by atoms with Crippen LogP contribution < -0.4 is 15.4 Å². The topological polar surface area (TPSA) is 80.3 Å². The summed E-state index contributed by atoms with van der Waals surface area (Å²) in [4.78, 5) is 29.1. The normalized spacial score (nSPS) is 11.3. The van der Waals surface area contributed by atoms with Gasteiger partial charge in [0.15, 0.2) is 6.61 Å². The molecular weight excluding hydrogens is 455 g/mol. The lowest BCUT2D eigenvalue weighted by Crippen LogP contribution is -2.25. The van der Waals surface area contributed by atoms with Gasteiger partial charge in [0, 0.05) is 35.3 Å². The number of thiazole rings is 1. The van der Waals surface area contributed by atoms with E-state index in [4.69, 9.17) is 4.74 Å². The van der Waals surface area contributed by atoms with Gasteiger partial charge < -0.3 is 15.4 Å². The Kier molecular flexibility index (Phi) is 7.70. The molecule has 0 saturated carbocycles. The van der Waals surface area contributed by atoms with Gasteiger partial charge in [-0.15, -0.1) is 11.3 Å². The van der Waals surface area contributed by atoms with Gasteiger partial charge in [-0.05, 0) is 29.8 Å². The SMILES string of the molecule is CC(C)C(=O)Nc1ccc(OCC(F)(F)F)c(C(=O)NCc2cccc(-c3nccs3)c2)c1. The molecule has 174 valence electrons. The largest absolute Gasteiger partial charge is 0.483 e. The van der Waals surface area contributed by atoms with Crippen molar-refractivity contribution >= 4 is 28.8 Å². The van der Waals surface area contributed by atoms with E-state index < -0.39 is 18.7 Å². The van der Waals surface area contributed by atoms with Crippen LogP contribution in [0.15, 0.2) is 54.0 Å². The number of amides is 2. The number of hydrogen-bond donors (Lipinski definition) is 2. The molecule has 0 saturated heterocycles. The van der Waals surface area contributed by atoms with Gasteiger partial charge in [-0.3, -0.25) is 9.59 Å².